The Morgan fingerprint density at radius 1 is 0.852 bits per heavy atom. The van der Waals surface area contributed by atoms with E-state index in [0.29, 0.717) is 20.9 Å². The zero-order chi connectivity index (χ0) is 42.2. The summed E-state index contributed by atoms with van der Waals surface area (Å²) in [5.74, 6) is -1.29. The van der Waals surface area contributed by atoms with Gasteiger partial charge in [-0.25, -0.2) is 9.78 Å². The number of aromatic nitrogens is 1. The maximum Gasteiger partial charge on any atom is 0.356 e. The van der Waals surface area contributed by atoms with Crippen LogP contribution in [-0.2, 0) is 29.5 Å². The van der Waals surface area contributed by atoms with Gasteiger partial charge in [0.1, 0.15) is 35.5 Å². The molecule has 10 nitrogen and oxygen atoms in total. The maximum atomic E-state index is 14.3. The van der Waals surface area contributed by atoms with Gasteiger partial charge in [-0.2, -0.15) is 0 Å². The van der Waals surface area contributed by atoms with Gasteiger partial charge in [-0.15, -0.1) is 23.1 Å². The van der Waals surface area contributed by atoms with E-state index in [4.69, 9.17) is 14.6 Å². The van der Waals surface area contributed by atoms with Gasteiger partial charge in [0, 0.05) is 15.6 Å². The Morgan fingerprint density at radius 2 is 1.38 bits per heavy atom. The van der Waals surface area contributed by atoms with E-state index in [2.05, 4.69) is 74.8 Å². The Bertz CT molecular complexity index is 2440. The normalized spacial score (nSPS) is 16.5. The summed E-state index contributed by atoms with van der Waals surface area (Å²) in [6.07, 6.45) is 3.10. The van der Waals surface area contributed by atoms with Crippen LogP contribution in [0.3, 0.4) is 0 Å². The summed E-state index contributed by atoms with van der Waals surface area (Å²) in [6.45, 7) is 0. The van der Waals surface area contributed by atoms with Gasteiger partial charge in [-0.1, -0.05) is 192 Å². The molecule has 5 aromatic carbocycles. The molecular formula is C48H40IN5O5S2. The maximum absolute atomic E-state index is 14.3. The number of hydrogen-bond acceptors (Lipinski definition) is 10. The second-order valence-electron chi connectivity index (χ2n) is 14.0. The highest BCUT2D eigenvalue weighted by molar-refractivity contribution is 14.1. The quantitative estimate of drug-likeness (QED) is 0.0199. The molecule has 2 atom stereocenters. The van der Waals surface area contributed by atoms with E-state index in [1.807, 2.05) is 127 Å². The molecule has 1 fully saturated rings. The van der Waals surface area contributed by atoms with Crippen LogP contribution in [0.15, 0.2) is 186 Å². The molecule has 6 aromatic rings. The second-order valence-corrected chi connectivity index (χ2v) is 16.9. The minimum Gasteiger partial charge on any atom is -0.448 e. The van der Waals surface area contributed by atoms with Gasteiger partial charge in [0.15, 0.2) is 16.9 Å². The third kappa shape index (κ3) is 8.63. The van der Waals surface area contributed by atoms with Crippen LogP contribution in [0.5, 0.6) is 0 Å². The zero-order valence-corrected chi connectivity index (χ0v) is 36.7. The molecule has 61 heavy (non-hydrogen) atoms. The molecule has 8 rings (SSSR count). The topological polar surface area (TPSA) is 122 Å². The van der Waals surface area contributed by atoms with Crippen molar-refractivity contribution in [1.82, 2.24) is 15.2 Å². The molecule has 0 spiro atoms. The summed E-state index contributed by atoms with van der Waals surface area (Å²) in [5.41, 5.74) is 4.72. The van der Waals surface area contributed by atoms with Crippen LogP contribution in [0.4, 0.5) is 5.13 Å². The molecule has 2 aliphatic heterocycles. The molecule has 3 heterocycles. The molecule has 2 N–H and O–H groups in total. The van der Waals surface area contributed by atoms with Crippen molar-refractivity contribution in [2.75, 3.05) is 22.6 Å². The molecule has 1 saturated heterocycles. The van der Waals surface area contributed by atoms with Crippen molar-refractivity contribution in [3.05, 3.63) is 214 Å². The van der Waals surface area contributed by atoms with Crippen LogP contribution in [0.2, 0.25) is 0 Å². The van der Waals surface area contributed by atoms with Crippen LogP contribution in [0, 0.1) is 0 Å². The number of amides is 2. The van der Waals surface area contributed by atoms with Gasteiger partial charge in [0.2, 0.25) is 0 Å². The molecule has 1 unspecified atom stereocenters. The first kappa shape index (κ1) is 41.7. The Labute approximate surface area is 375 Å². The number of oxime groups is 1. The van der Waals surface area contributed by atoms with Crippen LogP contribution >= 0.6 is 45.7 Å². The average molecular weight is 958 g/mol. The van der Waals surface area contributed by atoms with E-state index in [1.165, 1.54) is 35.1 Å². The van der Waals surface area contributed by atoms with Crippen LogP contribution in [0.25, 0.3) is 0 Å². The fourth-order valence-corrected chi connectivity index (χ4v) is 9.90. The summed E-state index contributed by atoms with van der Waals surface area (Å²) >= 11 is 5.01. The second kappa shape index (κ2) is 19.1. The first-order valence-corrected chi connectivity index (χ1v) is 22.9. The number of carbonyl (C=O) groups excluding carboxylic acids is 3. The van der Waals surface area contributed by atoms with E-state index < -0.39 is 40.8 Å². The summed E-state index contributed by atoms with van der Waals surface area (Å²) in [6, 6.07) is 48.4. The van der Waals surface area contributed by atoms with Crippen LogP contribution in [-0.4, -0.2) is 62.1 Å². The number of halogens is 1. The van der Waals surface area contributed by atoms with Crippen LogP contribution in [0.1, 0.15) is 39.6 Å². The minimum absolute atomic E-state index is 0.0991. The lowest BCUT2D eigenvalue weighted by molar-refractivity contribution is -0.154. The summed E-state index contributed by atoms with van der Waals surface area (Å²) in [7, 11) is 1.35. The lowest BCUT2D eigenvalue weighted by Crippen LogP contribution is -2.71. The molecule has 0 bridgehead atoms. The number of anilines is 1. The van der Waals surface area contributed by atoms with Gasteiger partial charge in [0.25, 0.3) is 11.8 Å². The van der Waals surface area contributed by atoms with E-state index in [9.17, 15) is 14.4 Å². The molecular weight excluding hydrogens is 918 g/mol. The van der Waals surface area contributed by atoms with Gasteiger partial charge in [-0.3, -0.25) is 14.5 Å². The number of thioether (sulfide) groups is 1. The van der Waals surface area contributed by atoms with Crippen molar-refractivity contribution in [2.45, 2.75) is 23.1 Å². The monoisotopic (exact) mass is 957 g/mol. The number of hydrogen-bond donors (Lipinski definition) is 2. The van der Waals surface area contributed by atoms with Crippen molar-refractivity contribution in [3.63, 3.8) is 0 Å². The smallest absolute Gasteiger partial charge is 0.356 e. The third-order valence-corrected chi connectivity index (χ3v) is 12.9. The van der Waals surface area contributed by atoms with E-state index in [1.54, 1.807) is 5.38 Å². The summed E-state index contributed by atoms with van der Waals surface area (Å²) < 4.78 is 6.98. The Kier molecular flexibility index (Phi) is 13.1. The van der Waals surface area contributed by atoms with E-state index in [0.717, 1.165) is 27.8 Å². The third-order valence-electron chi connectivity index (χ3n) is 10.4. The van der Waals surface area contributed by atoms with Crippen LogP contribution < -0.4 is 10.6 Å². The SMILES string of the molecule is CO/N=C(/C(=O)NC1C(=O)N2C(C(=O)OC(c3ccccc3)c3ccccc3)=C(/C=C/CI)CS[C@H]12)c1csc(NC(c2ccccc2)(c2ccccc2)c2ccccc2)n1. The number of carbonyl (C=O) groups is 3. The van der Waals surface area contributed by atoms with Crippen molar-refractivity contribution >= 4 is 74.3 Å². The Balaban J connectivity index is 1.05. The Hall–Kier alpha value is -6.03. The largest absolute Gasteiger partial charge is 0.448 e. The fraction of sp³-hybridized carbons (Fsp3) is 0.146. The van der Waals surface area contributed by atoms with Gasteiger partial charge in [-0.05, 0) is 33.4 Å². The summed E-state index contributed by atoms with van der Waals surface area (Å²) in [5, 5.41) is 12.4. The number of nitrogens with one attached hydrogen (secondary N) is 2. The number of alkyl halides is 1. The number of esters is 1. The van der Waals surface area contributed by atoms with E-state index >= 15 is 0 Å². The number of allylic oxidation sites excluding steroid dienone is 2. The predicted molar refractivity (Wildman–Crippen MR) is 249 cm³/mol. The first-order chi connectivity index (χ1) is 29.9. The lowest BCUT2D eigenvalue weighted by Gasteiger charge is -2.49. The number of ether oxygens (including phenoxy) is 1. The Morgan fingerprint density at radius 3 is 1.89 bits per heavy atom. The number of β-lactam (4-membered cyclic amide) rings is 1. The molecule has 13 heteroatoms. The zero-order valence-electron chi connectivity index (χ0n) is 32.9. The number of nitrogens with zero attached hydrogens (tertiary/aromatic N) is 3. The van der Waals surface area contributed by atoms with Crippen molar-refractivity contribution in [2.24, 2.45) is 5.16 Å². The number of benzene rings is 5. The number of fused-ring (bicyclic) bond motifs is 1. The highest BCUT2D eigenvalue weighted by Gasteiger charge is 2.55. The van der Waals surface area contributed by atoms with Gasteiger partial charge >= 0.3 is 5.97 Å². The minimum atomic E-state index is -0.949. The predicted octanol–water partition coefficient (Wildman–Crippen LogP) is 8.88. The summed E-state index contributed by atoms with van der Waals surface area (Å²) in [4.78, 5) is 54.0. The molecule has 0 radical (unpaired) electrons. The number of rotatable bonds is 15. The van der Waals surface area contributed by atoms with E-state index in [-0.39, 0.29) is 17.1 Å². The highest BCUT2D eigenvalue weighted by atomic mass is 127. The van der Waals surface area contributed by atoms with Gasteiger partial charge in [0.05, 0.1) is 0 Å². The van der Waals surface area contributed by atoms with Gasteiger partial charge < -0.3 is 20.2 Å². The molecule has 1 aromatic heterocycles. The molecule has 0 saturated carbocycles. The van der Waals surface area contributed by atoms with Crippen molar-refractivity contribution < 1.29 is 24.0 Å². The van der Waals surface area contributed by atoms with Crippen molar-refractivity contribution in [1.29, 1.82) is 0 Å². The van der Waals surface area contributed by atoms with Crippen molar-refractivity contribution in [3.8, 4) is 0 Å². The number of thiazole rings is 1. The molecule has 2 amide bonds. The molecule has 2 aliphatic rings. The lowest BCUT2D eigenvalue weighted by atomic mass is 9.77. The highest BCUT2D eigenvalue weighted by Crippen LogP contribution is 2.43. The fourth-order valence-electron chi connectivity index (χ4n) is 7.58. The first-order valence-electron chi connectivity index (χ1n) is 19.5. The molecule has 306 valence electrons. The standard InChI is InChI=1S/C48H40IN5O5S2/c1-58-53-39(38-31-61-47(50-38)52-48(35-23-11-4-12-24-35,36-25-13-5-14-26-36)37-27-15-6-16-28-37)43(55)51-40-44(56)54-41(34(22-17-29-49)30-60-45(40)54)46(57)59-42(32-18-7-2-8-19-32)33-20-9-3-10-21-33/h2-28,31,40,42,45H,29-30H2,1H3,(H,50,52)(H,51,55)/b22-17+,53-39+/t40?,45-/m1/s1. The average Bonchev–Trinajstić information content (AvgIpc) is 3.79. The molecule has 0 aliphatic carbocycles.